The van der Waals surface area contributed by atoms with Crippen LogP contribution < -0.4 is 10.1 Å². The van der Waals surface area contributed by atoms with E-state index >= 15 is 0 Å². The molecule has 0 atom stereocenters. The lowest BCUT2D eigenvalue weighted by Crippen LogP contribution is -2.12. The maximum atomic E-state index is 12.0. The average molecular weight is 275 g/mol. The van der Waals surface area contributed by atoms with Gasteiger partial charge in [-0.2, -0.15) is 5.10 Å². The maximum Gasteiger partial charge on any atom is 0.259 e. The highest BCUT2D eigenvalue weighted by Crippen LogP contribution is 2.18. The molecule has 0 radical (unpaired) electrons. The SMILES string of the molecule is COCCOc1cccc(NC(=O)c2cn[nH]c2C)c1. The smallest absolute Gasteiger partial charge is 0.259 e. The number of H-pyrrole nitrogens is 1. The summed E-state index contributed by atoms with van der Waals surface area (Å²) in [4.78, 5) is 12.0. The van der Waals surface area contributed by atoms with Crippen molar-refractivity contribution in [1.29, 1.82) is 0 Å². The Hall–Kier alpha value is -2.34. The lowest BCUT2D eigenvalue weighted by molar-refractivity contribution is 0.102. The summed E-state index contributed by atoms with van der Waals surface area (Å²) in [6.07, 6.45) is 1.50. The molecule has 0 aliphatic heterocycles. The molecule has 1 heterocycles. The van der Waals surface area contributed by atoms with Crippen LogP contribution >= 0.6 is 0 Å². The van der Waals surface area contributed by atoms with E-state index < -0.39 is 0 Å². The van der Waals surface area contributed by atoms with E-state index in [1.165, 1.54) is 6.20 Å². The Labute approximate surface area is 117 Å². The third kappa shape index (κ3) is 3.58. The average Bonchev–Trinajstić information content (AvgIpc) is 2.86. The standard InChI is InChI=1S/C14H17N3O3/c1-10-13(9-15-17-10)14(18)16-11-4-3-5-12(8-11)20-7-6-19-2/h3-5,8-9H,6-7H2,1-2H3,(H,15,17)(H,16,18). The van der Waals surface area contributed by atoms with Crippen molar-refractivity contribution in [2.75, 3.05) is 25.6 Å². The minimum absolute atomic E-state index is 0.203. The Balaban J connectivity index is 2.01. The number of carbonyl (C=O) groups excluding carboxylic acids is 1. The van der Waals surface area contributed by atoms with Gasteiger partial charge in [-0.3, -0.25) is 9.89 Å². The van der Waals surface area contributed by atoms with Gasteiger partial charge < -0.3 is 14.8 Å². The van der Waals surface area contributed by atoms with E-state index in [0.29, 0.717) is 30.2 Å². The van der Waals surface area contributed by atoms with Crippen LogP contribution in [0.2, 0.25) is 0 Å². The number of amides is 1. The molecule has 106 valence electrons. The Morgan fingerprint density at radius 2 is 2.25 bits per heavy atom. The predicted octanol–water partition coefficient (Wildman–Crippen LogP) is 2.00. The molecular formula is C14H17N3O3. The molecule has 0 aliphatic carbocycles. The summed E-state index contributed by atoms with van der Waals surface area (Å²) in [5, 5.41) is 9.36. The van der Waals surface area contributed by atoms with E-state index in [1.54, 1.807) is 26.2 Å². The monoisotopic (exact) mass is 275 g/mol. The number of nitrogens with one attached hydrogen (secondary N) is 2. The Morgan fingerprint density at radius 3 is 2.95 bits per heavy atom. The van der Waals surface area contributed by atoms with Gasteiger partial charge in [0.2, 0.25) is 0 Å². The first-order valence-electron chi connectivity index (χ1n) is 6.24. The molecule has 1 aromatic heterocycles. The summed E-state index contributed by atoms with van der Waals surface area (Å²) in [6.45, 7) is 2.78. The topological polar surface area (TPSA) is 76.2 Å². The van der Waals surface area contributed by atoms with E-state index in [0.717, 1.165) is 5.69 Å². The number of aryl methyl sites for hydroxylation is 1. The highest BCUT2D eigenvalue weighted by molar-refractivity contribution is 6.04. The molecule has 2 aromatic rings. The first-order valence-corrected chi connectivity index (χ1v) is 6.24. The second-order valence-electron chi connectivity index (χ2n) is 4.23. The van der Waals surface area contributed by atoms with E-state index in [9.17, 15) is 4.79 Å². The molecule has 0 saturated heterocycles. The molecule has 0 aliphatic rings. The van der Waals surface area contributed by atoms with E-state index in [4.69, 9.17) is 9.47 Å². The fourth-order valence-corrected chi connectivity index (χ4v) is 1.68. The van der Waals surface area contributed by atoms with Gasteiger partial charge in [0.05, 0.1) is 18.4 Å². The first kappa shape index (κ1) is 14.1. The van der Waals surface area contributed by atoms with Crippen LogP contribution in [0.5, 0.6) is 5.75 Å². The van der Waals surface area contributed by atoms with Crippen molar-refractivity contribution in [2.24, 2.45) is 0 Å². The number of benzene rings is 1. The Kier molecular flexibility index (Phi) is 4.73. The molecule has 1 amide bonds. The molecule has 20 heavy (non-hydrogen) atoms. The zero-order valence-corrected chi connectivity index (χ0v) is 11.5. The predicted molar refractivity (Wildman–Crippen MR) is 75.1 cm³/mol. The van der Waals surface area contributed by atoms with Crippen molar-refractivity contribution in [3.8, 4) is 5.75 Å². The fourth-order valence-electron chi connectivity index (χ4n) is 1.68. The summed E-state index contributed by atoms with van der Waals surface area (Å²) < 4.78 is 10.4. The third-order valence-electron chi connectivity index (χ3n) is 2.72. The molecule has 2 rings (SSSR count). The Bertz CT molecular complexity index is 581. The second kappa shape index (κ2) is 6.72. The second-order valence-corrected chi connectivity index (χ2v) is 4.23. The Morgan fingerprint density at radius 1 is 1.40 bits per heavy atom. The van der Waals surface area contributed by atoms with Gasteiger partial charge in [-0.1, -0.05) is 6.07 Å². The number of aromatic amines is 1. The summed E-state index contributed by atoms with van der Waals surface area (Å²) in [5.41, 5.74) is 1.93. The number of carbonyl (C=O) groups is 1. The quantitative estimate of drug-likeness (QED) is 0.790. The number of anilines is 1. The van der Waals surface area contributed by atoms with Crippen LogP contribution in [0.15, 0.2) is 30.5 Å². The van der Waals surface area contributed by atoms with Crippen LogP contribution in [-0.2, 0) is 4.74 Å². The van der Waals surface area contributed by atoms with Crippen LogP contribution in [0.4, 0.5) is 5.69 Å². The summed E-state index contributed by atoms with van der Waals surface area (Å²) >= 11 is 0. The van der Waals surface area contributed by atoms with Gasteiger partial charge in [0.15, 0.2) is 0 Å². The van der Waals surface area contributed by atoms with E-state index in [1.807, 2.05) is 12.1 Å². The zero-order chi connectivity index (χ0) is 14.4. The van der Waals surface area contributed by atoms with Gasteiger partial charge in [-0.25, -0.2) is 0 Å². The molecule has 1 aromatic carbocycles. The van der Waals surface area contributed by atoms with Crippen molar-refractivity contribution >= 4 is 11.6 Å². The number of ether oxygens (including phenoxy) is 2. The van der Waals surface area contributed by atoms with Crippen LogP contribution in [-0.4, -0.2) is 36.4 Å². The number of hydrogen-bond acceptors (Lipinski definition) is 4. The molecule has 0 bridgehead atoms. The molecule has 0 spiro atoms. The molecular weight excluding hydrogens is 258 g/mol. The van der Waals surface area contributed by atoms with Gasteiger partial charge in [0.1, 0.15) is 12.4 Å². The summed E-state index contributed by atoms with van der Waals surface area (Å²) in [7, 11) is 1.62. The van der Waals surface area contributed by atoms with Crippen molar-refractivity contribution in [1.82, 2.24) is 10.2 Å². The molecule has 2 N–H and O–H groups in total. The number of nitrogens with zero attached hydrogens (tertiary/aromatic N) is 1. The normalized spacial score (nSPS) is 10.3. The zero-order valence-electron chi connectivity index (χ0n) is 11.5. The van der Waals surface area contributed by atoms with Gasteiger partial charge in [0, 0.05) is 24.6 Å². The van der Waals surface area contributed by atoms with E-state index in [2.05, 4.69) is 15.5 Å². The van der Waals surface area contributed by atoms with Gasteiger partial charge in [-0.15, -0.1) is 0 Å². The first-order chi connectivity index (χ1) is 9.70. The number of hydrogen-bond donors (Lipinski definition) is 2. The summed E-state index contributed by atoms with van der Waals surface area (Å²) in [5.74, 6) is 0.481. The van der Waals surface area contributed by atoms with Crippen molar-refractivity contribution in [2.45, 2.75) is 6.92 Å². The molecule has 0 unspecified atom stereocenters. The van der Waals surface area contributed by atoms with E-state index in [-0.39, 0.29) is 5.91 Å². The van der Waals surface area contributed by atoms with Gasteiger partial charge in [0.25, 0.3) is 5.91 Å². The fraction of sp³-hybridized carbons (Fsp3) is 0.286. The number of methoxy groups -OCH3 is 1. The van der Waals surface area contributed by atoms with Crippen LogP contribution in [0.3, 0.4) is 0 Å². The highest BCUT2D eigenvalue weighted by atomic mass is 16.5. The van der Waals surface area contributed by atoms with Crippen LogP contribution in [0, 0.1) is 6.92 Å². The minimum Gasteiger partial charge on any atom is -0.491 e. The lowest BCUT2D eigenvalue weighted by Gasteiger charge is -2.08. The summed E-state index contributed by atoms with van der Waals surface area (Å²) in [6, 6.07) is 7.22. The van der Waals surface area contributed by atoms with Gasteiger partial charge in [-0.05, 0) is 19.1 Å². The maximum absolute atomic E-state index is 12.0. The van der Waals surface area contributed by atoms with Crippen LogP contribution in [0.1, 0.15) is 16.1 Å². The highest BCUT2D eigenvalue weighted by Gasteiger charge is 2.11. The molecule has 6 nitrogen and oxygen atoms in total. The molecule has 6 heteroatoms. The van der Waals surface area contributed by atoms with Crippen molar-refractivity contribution < 1.29 is 14.3 Å². The van der Waals surface area contributed by atoms with Crippen molar-refractivity contribution in [3.63, 3.8) is 0 Å². The van der Waals surface area contributed by atoms with Crippen LogP contribution in [0.25, 0.3) is 0 Å². The number of aromatic nitrogens is 2. The van der Waals surface area contributed by atoms with Gasteiger partial charge >= 0.3 is 0 Å². The lowest BCUT2D eigenvalue weighted by atomic mass is 10.2. The third-order valence-corrected chi connectivity index (χ3v) is 2.72. The number of rotatable bonds is 6. The molecule has 0 fully saturated rings. The minimum atomic E-state index is -0.203. The van der Waals surface area contributed by atoms with Crippen molar-refractivity contribution in [3.05, 3.63) is 41.7 Å². The largest absolute Gasteiger partial charge is 0.491 e. The molecule has 0 saturated carbocycles.